The lowest BCUT2D eigenvalue weighted by atomic mass is 10.0. The number of para-hydroxylation sites is 4. The largest absolute Gasteiger partial charge is 0.308 e. The molecule has 3 heterocycles. The Morgan fingerprint density at radius 1 is 0.514 bits per heavy atom. The van der Waals surface area contributed by atoms with Crippen molar-refractivity contribution in [2.24, 2.45) is 0 Å². The first-order valence-electron chi connectivity index (χ1n) is 12.7. The third-order valence-corrected chi connectivity index (χ3v) is 7.63. The van der Waals surface area contributed by atoms with E-state index in [1.54, 1.807) is 0 Å². The fourth-order valence-corrected chi connectivity index (χ4v) is 6.12. The zero-order chi connectivity index (χ0) is 24.5. The van der Waals surface area contributed by atoms with E-state index in [0.717, 1.165) is 22.4 Å². The topological polar surface area (TPSA) is 22.8 Å². The van der Waals surface area contributed by atoms with Crippen LogP contribution in [-0.4, -0.2) is 14.1 Å². The molecule has 0 saturated carbocycles. The maximum Gasteiger partial charge on any atom is 0.0973 e. The second-order valence-electron chi connectivity index (χ2n) is 9.71. The third-order valence-electron chi connectivity index (χ3n) is 7.63. The second-order valence-corrected chi connectivity index (χ2v) is 9.71. The highest BCUT2D eigenvalue weighted by molar-refractivity contribution is 6.25. The van der Waals surface area contributed by atoms with E-state index in [1.807, 2.05) is 0 Å². The van der Waals surface area contributed by atoms with E-state index in [-0.39, 0.29) is 0 Å². The number of hydrogen-bond donors (Lipinski definition) is 0. The Morgan fingerprint density at radius 2 is 1.03 bits per heavy atom. The van der Waals surface area contributed by atoms with Crippen LogP contribution in [-0.2, 0) is 0 Å². The normalized spacial score (nSPS) is 11.9. The highest BCUT2D eigenvalue weighted by Crippen LogP contribution is 2.42. The minimum absolute atomic E-state index is 1.03. The average Bonchev–Trinajstić information content (AvgIpc) is 3.47. The van der Waals surface area contributed by atoms with Crippen LogP contribution in [0.3, 0.4) is 0 Å². The predicted octanol–water partition coefficient (Wildman–Crippen LogP) is 8.74. The van der Waals surface area contributed by atoms with Crippen molar-refractivity contribution in [1.82, 2.24) is 14.1 Å². The fraction of sp³-hybridized carbons (Fsp3) is 0.0294. The molecule has 174 valence electrons. The Kier molecular flexibility index (Phi) is 4.15. The van der Waals surface area contributed by atoms with Crippen LogP contribution in [0.1, 0.15) is 5.56 Å². The van der Waals surface area contributed by atoms with Crippen molar-refractivity contribution >= 4 is 54.5 Å². The number of nitrogens with zero attached hydrogens (tertiary/aromatic N) is 3. The summed E-state index contributed by atoms with van der Waals surface area (Å²) in [6.07, 6.45) is 2.07. The minimum Gasteiger partial charge on any atom is -0.308 e. The third kappa shape index (κ3) is 2.74. The van der Waals surface area contributed by atoms with Gasteiger partial charge in [-0.1, -0.05) is 72.8 Å². The Balaban J connectivity index is 1.66. The van der Waals surface area contributed by atoms with E-state index in [9.17, 15) is 0 Å². The molecule has 3 nitrogen and oxygen atoms in total. The van der Waals surface area contributed by atoms with Crippen LogP contribution in [0.5, 0.6) is 0 Å². The van der Waals surface area contributed by atoms with Crippen molar-refractivity contribution < 1.29 is 0 Å². The minimum atomic E-state index is 1.03. The van der Waals surface area contributed by atoms with Crippen molar-refractivity contribution in [3.8, 4) is 11.4 Å². The number of aryl methyl sites for hydroxylation is 1. The smallest absolute Gasteiger partial charge is 0.0973 e. The van der Waals surface area contributed by atoms with Crippen LogP contribution in [0.15, 0.2) is 121 Å². The fourth-order valence-electron chi connectivity index (χ4n) is 6.12. The molecule has 0 saturated heterocycles. The van der Waals surface area contributed by atoms with Gasteiger partial charge in [-0.05, 0) is 55.0 Å². The van der Waals surface area contributed by atoms with E-state index in [1.165, 1.54) is 49.0 Å². The van der Waals surface area contributed by atoms with E-state index in [4.69, 9.17) is 4.98 Å². The molecule has 8 aromatic rings. The summed E-state index contributed by atoms with van der Waals surface area (Å²) in [7, 11) is 0. The summed E-state index contributed by atoms with van der Waals surface area (Å²) in [4.78, 5) is 5.20. The van der Waals surface area contributed by atoms with Crippen LogP contribution in [0.2, 0.25) is 0 Å². The van der Waals surface area contributed by atoms with Gasteiger partial charge in [-0.3, -0.25) is 4.98 Å². The summed E-state index contributed by atoms with van der Waals surface area (Å²) in [6.45, 7) is 2.23. The number of hydrogen-bond acceptors (Lipinski definition) is 1. The maximum absolute atomic E-state index is 5.20. The molecule has 3 aromatic heterocycles. The lowest BCUT2D eigenvalue weighted by Gasteiger charge is -2.13. The summed E-state index contributed by atoms with van der Waals surface area (Å²) < 4.78 is 4.78. The quantitative estimate of drug-likeness (QED) is 0.246. The number of aromatic nitrogens is 3. The maximum atomic E-state index is 5.20. The van der Waals surface area contributed by atoms with Crippen LogP contribution in [0.4, 0.5) is 0 Å². The second kappa shape index (κ2) is 7.55. The Labute approximate surface area is 213 Å². The standard InChI is InChI=1S/C34H23N3/c1-22-20-27-25-16-8-10-18-29(25)37(24-14-6-3-7-15-24)34(27)32-31(22)33-28(21-35-32)26-17-9-11-19-30(26)36(33)23-12-4-2-5-13-23/h2-21H,1H3. The average molecular weight is 474 g/mol. The number of benzene rings is 5. The van der Waals surface area contributed by atoms with Gasteiger partial charge in [0, 0.05) is 44.5 Å². The highest BCUT2D eigenvalue weighted by Gasteiger charge is 2.21. The summed E-state index contributed by atoms with van der Waals surface area (Å²) in [5.41, 5.74) is 9.32. The number of fused-ring (bicyclic) bond motifs is 9. The zero-order valence-corrected chi connectivity index (χ0v) is 20.4. The van der Waals surface area contributed by atoms with Gasteiger partial charge in [0.15, 0.2) is 0 Å². The van der Waals surface area contributed by atoms with Gasteiger partial charge >= 0.3 is 0 Å². The van der Waals surface area contributed by atoms with Crippen molar-refractivity contribution in [2.75, 3.05) is 0 Å². The van der Waals surface area contributed by atoms with E-state index >= 15 is 0 Å². The van der Waals surface area contributed by atoms with Gasteiger partial charge in [0.1, 0.15) is 0 Å². The van der Waals surface area contributed by atoms with Gasteiger partial charge in [0.2, 0.25) is 0 Å². The molecule has 0 amide bonds. The van der Waals surface area contributed by atoms with Gasteiger partial charge < -0.3 is 9.13 Å². The molecule has 5 aromatic carbocycles. The SMILES string of the molecule is Cc1cc2c3ccccc3n(-c3ccccc3)c2c2ncc3c4ccccc4n(-c4ccccc4)c3c12. The van der Waals surface area contributed by atoms with Crippen LogP contribution < -0.4 is 0 Å². The Bertz CT molecular complexity index is 2130. The summed E-state index contributed by atoms with van der Waals surface area (Å²) >= 11 is 0. The van der Waals surface area contributed by atoms with E-state index < -0.39 is 0 Å². The first kappa shape index (κ1) is 20.3. The molecule has 3 heteroatoms. The van der Waals surface area contributed by atoms with Crippen LogP contribution >= 0.6 is 0 Å². The molecule has 0 bridgehead atoms. The van der Waals surface area contributed by atoms with Crippen molar-refractivity contribution in [2.45, 2.75) is 6.92 Å². The van der Waals surface area contributed by atoms with Crippen LogP contribution in [0, 0.1) is 6.92 Å². The molecule has 37 heavy (non-hydrogen) atoms. The molecule has 0 aliphatic carbocycles. The Morgan fingerprint density at radius 3 is 1.65 bits per heavy atom. The van der Waals surface area contributed by atoms with Gasteiger partial charge in [0.05, 0.1) is 27.6 Å². The Hall–Kier alpha value is -4.89. The van der Waals surface area contributed by atoms with Gasteiger partial charge in [0.25, 0.3) is 0 Å². The molecule has 0 spiro atoms. The van der Waals surface area contributed by atoms with Crippen molar-refractivity contribution in [3.63, 3.8) is 0 Å². The number of rotatable bonds is 2. The summed E-state index contributed by atoms with van der Waals surface area (Å²) in [5.74, 6) is 0. The molecular weight excluding hydrogens is 450 g/mol. The molecule has 0 N–H and O–H groups in total. The first-order chi connectivity index (χ1) is 18.3. The molecular formula is C34H23N3. The summed E-state index contributed by atoms with van der Waals surface area (Å²) in [5, 5.41) is 6.08. The van der Waals surface area contributed by atoms with Gasteiger partial charge in [-0.2, -0.15) is 0 Å². The van der Waals surface area contributed by atoms with Gasteiger partial charge in [-0.15, -0.1) is 0 Å². The molecule has 0 atom stereocenters. The van der Waals surface area contributed by atoms with E-state index in [2.05, 4.69) is 138 Å². The first-order valence-corrected chi connectivity index (χ1v) is 12.7. The van der Waals surface area contributed by atoms with Crippen molar-refractivity contribution in [1.29, 1.82) is 0 Å². The zero-order valence-electron chi connectivity index (χ0n) is 20.4. The lowest BCUT2D eigenvalue weighted by molar-refractivity contribution is 1.17. The molecule has 0 unspecified atom stereocenters. The summed E-state index contributed by atoms with van der Waals surface area (Å²) in [6, 6.07) is 41.0. The predicted molar refractivity (Wildman–Crippen MR) is 155 cm³/mol. The molecule has 0 aliphatic heterocycles. The highest BCUT2D eigenvalue weighted by atomic mass is 15.0. The monoisotopic (exact) mass is 473 g/mol. The van der Waals surface area contributed by atoms with Crippen molar-refractivity contribution in [3.05, 3.63) is 127 Å². The molecule has 0 aliphatic rings. The molecule has 8 rings (SSSR count). The van der Waals surface area contributed by atoms with E-state index in [0.29, 0.717) is 0 Å². The molecule has 0 fully saturated rings. The lowest BCUT2D eigenvalue weighted by Crippen LogP contribution is -1.98. The number of pyridine rings is 1. The van der Waals surface area contributed by atoms with Gasteiger partial charge in [-0.25, -0.2) is 0 Å². The van der Waals surface area contributed by atoms with Crippen LogP contribution in [0.25, 0.3) is 65.9 Å². The molecule has 0 radical (unpaired) electrons.